The van der Waals surface area contributed by atoms with Gasteiger partial charge in [-0.1, -0.05) is 29.8 Å². The summed E-state index contributed by atoms with van der Waals surface area (Å²) in [7, 11) is -0.492. The zero-order valence-corrected chi connectivity index (χ0v) is 16.8. The third kappa shape index (κ3) is 4.16. The fourth-order valence-corrected chi connectivity index (χ4v) is 4.55. The average molecular weight is 406 g/mol. The van der Waals surface area contributed by atoms with Crippen LogP contribution in [-0.4, -0.2) is 25.1 Å². The van der Waals surface area contributed by atoms with Crippen LogP contribution in [0.2, 0.25) is 5.02 Å². The summed E-state index contributed by atoms with van der Waals surface area (Å²) in [6.45, 7) is 1.85. The third-order valence-corrected chi connectivity index (χ3v) is 6.12. The summed E-state index contributed by atoms with van der Waals surface area (Å²) >= 11 is 6.18. The van der Waals surface area contributed by atoms with E-state index in [9.17, 15) is 8.42 Å². The largest absolute Gasteiger partial charge is 0.497 e. The molecule has 0 aliphatic carbocycles. The molecule has 0 saturated carbocycles. The van der Waals surface area contributed by atoms with Crippen molar-refractivity contribution >= 4 is 21.6 Å². The number of hydrogen-bond donors (Lipinski definition) is 1. The minimum atomic E-state index is -3.88. The number of ether oxygens (including phenoxy) is 1. The Morgan fingerprint density at radius 1 is 1.19 bits per heavy atom. The maximum atomic E-state index is 13.0. The number of sulfonamides is 1. The molecule has 0 amide bonds. The van der Waals surface area contributed by atoms with Crippen LogP contribution >= 0.6 is 11.6 Å². The zero-order valence-electron chi connectivity index (χ0n) is 15.2. The van der Waals surface area contributed by atoms with Gasteiger partial charge in [0.2, 0.25) is 10.0 Å². The summed E-state index contributed by atoms with van der Waals surface area (Å²) in [5.74, 6) is 1.24. The number of benzene rings is 2. The Kier molecular flexibility index (Phi) is 5.55. The molecule has 1 N–H and O–H groups in total. The van der Waals surface area contributed by atoms with Crippen molar-refractivity contribution in [3.05, 3.63) is 76.8 Å². The van der Waals surface area contributed by atoms with Gasteiger partial charge in [-0.2, -0.15) is 4.72 Å². The molecule has 8 heteroatoms. The van der Waals surface area contributed by atoms with Gasteiger partial charge < -0.3 is 9.30 Å². The molecule has 1 atom stereocenters. The Morgan fingerprint density at radius 2 is 1.89 bits per heavy atom. The number of aryl methyl sites for hydroxylation is 2. The fraction of sp³-hybridized carbons (Fsp3) is 0.211. The van der Waals surface area contributed by atoms with Crippen LogP contribution in [0.4, 0.5) is 0 Å². The molecule has 3 aromatic rings. The van der Waals surface area contributed by atoms with Gasteiger partial charge in [0.1, 0.15) is 22.5 Å². The predicted molar refractivity (Wildman–Crippen MR) is 105 cm³/mol. The predicted octanol–water partition coefficient (Wildman–Crippen LogP) is 3.46. The molecule has 0 spiro atoms. The standard InChI is InChI=1S/C19H20ClN3O3S/c1-13-4-9-17(16(20)12-13)27(24,25)22-18(19-21-10-11-23(19)2)14-5-7-15(26-3)8-6-14/h4-12,18,22H,1-3H3. The van der Waals surface area contributed by atoms with Gasteiger partial charge in [-0.05, 0) is 42.3 Å². The first-order chi connectivity index (χ1) is 12.8. The number of methoxy groups -OCH3 is 1. The Bertz CT molecular complexity index is 1050. The lowest BCUT2D eigenvalue weighted by Gasteiger charge is -2.20. The Morgan fingerprint density at radius 3 is 2.44 bits per heavy atom. The molecule has 1 unspecified atom stereocenters. The van der Waals surface area contributed by atoms with Gasteiger partial charge in [-0.3, -0.25) is 0 Å². The van der Waals surface area contributed by atoms with Gasteiger partial charge >= 0.3 is 0 Å². The minimum Gasteiger partial charge on any atom is -0.497 e. The smallest absolute Gasteiger partial charge is 0.243 e. The van der Waals surface area contributed by atoms with E-state index >= 15 is 0 Å². The topological polar surface area (TPSA) is 73.2 Å². The van der Waals surface area contributed by atoms with Crippen LogP contribution in [0, 0.1) is 6.92 Å². The van der Waals surface area contributed by atoms with Crippen LogP contribution in [-0.2, 0) is 17.1 Å². The molecule has 1 aromatic heterocycles. The van der Waals surface area contributed by atoms with Crippen molar-refractivity contribution in [3.8, 4) is 5.75 Å². The normalized spacial score (nSPS) is 12.7. The van der Waals surface area contributed by atoms with Crippen LogP contribution in [0.5, 0.6) is 5.75 Å². The van der Waals surface area contributed by atoms with E-state index < -0.39 is 16.1 Å². The molecule has 0 bridgehead atoms. The SMILES string of the molecule is COc1ccc(C(NS(=O)(=O)c2ccc(C)cc2Cl)c2nccn2C)cc1. The molecule has 142 valence electrons. The number of imidazole rings is 1. The summed E-state index contributed by atoms with van der Waals surface area (Å²) in [5.41, 5.74) is 1.62. The lowest BCUT2D eigenvalue weighted by Crippen LogP contribution is -2.31. The lowest BCUT2D eigenvalue weighted by atomic mass is 10.1. The van der Waals surface area contributed by atoms with Gasteiger partial charge in [0.05, 0.1) is 12.1 Å². The summed E-state index contributed by atoms with van der Waals surface area (Å²) in [6.07, 6.45) is 3.39. The Balaban J connectivity index is 2.04. The van der Waals surface area contributed by atoms with Gasteiger partial charge in [-0.25, -0.2) is 13.4 Å². The summed E-state index contributed by atoms with van der Waals surface area (Å²) in [4.78, 5) is 4.35. The second-order valence-electron chi connectivity index (χ2n) is 6.16. The quantitative estimate of drug-likeness (QED) is 0.681. The zero-order chi connectivity index (χ0) is 19.6. The Labute approximate surface area is 163 Å². The number of nitrogens with zero attached hydrogens (tertiary/aromatic N) is 2. The van der Waals surface area contributed by atoms with Gasteiger partial charge in [0, 0.05) is 19.4 Å². The number of aromatic nitrogens is 2. The lowest BCUT2D eigenvalue weighted by molar-refractivity contribution is 0.414. The maximum absolute atomic E-state index is 13.0. The fourth-order valence-electron chi connectivity index (χ4n) is 2.76. The maximum Gasteiger partial charge on any atom is 0.243 e. The second-order valence-corrected chi connectivity index (χ2v) is 8.25. The van der Waals surface area contributed by atoms with E-state index in [1.807, 2.05) is 14.0 Å². The van der Waals surface area contributed by atoms with E-state index in [1.54, 1.807) is 60.5 Å². The summed E-state index contributed by atoms with van der Waals surface area (Å²) in [5, 5.41) is 0.177. The van der Waals surface area contributed by atoms with E-state index in [0.717, 1.165) is 11.1 Å². The van der Waals surface area contributed by atoms with Crippen LogP contribution in [0.1, 0.15) is 23.0 Å². The van der Waals surface area contributed by atoms with E-state index in [1.165, 1.54) is 6.07 Å². The third-order valence-electron chi connectivity index (χ3n) is 4.22. The molecule has 2 aromatic carbocycles. The monoisotopic (exact) mass is 405 g/mol. The number of rotatable bonds is 6. The van der Waals surface area contributed by atoms with Crippen molar-refractivity contribution < 1.29 is 13.2 Å². The highest BCUT2D eigenvalue weighted by Crippen LogP contribution is 2.28. The van der Waals surface area contributed by atoms with Crippen molar-refractivity contribution in [3.63, 3.8) is 0 Å². The molecule has 0 aliphatic rings. The molecule has 6 nitrogen and oxygen atoms in total. The summed E-state index contributed by atoms with van der Waals surface area (Å²) in [6, 6.07) is 11.3. The van der Waals surface area contributed by atoms with Crippen LogP contribution in [0.15, 0.2) is 59.8 Å². The van der Waals surface area contributed by atoms with E-state index in [-0.39, 0.29) is 9.92 Å². The number of nitrogens with one attached hydrogen (secondary N) is 1. The molecule has 0 radical (unpaired) electrons. The Hall–Kier alpha value is -2.35. The number of halogens is 1. The molecule has 1 heterocycles. The van der Waals surface area contributed by atoms with Crippen LogP contribution in [0.3, 0.4) is 0 Å². The van der Waals surface area contributed by atoms with Crippen molar-refractivity contribution in [1.29, 1.82) is 0 Å². The molecule has 0 aliphatic heterocycles. The minimum absolute atomic E-state index is 0.0301. The highest BCUT2D eigenvalue weighted by molar-refractivity contribution is 7.89. The second kappa shape index (κ2) is 7.72. The van der Waals surface area contributed by atoms with Gasteiger partial charge in [-0.15, -0.1) is 0 Å². The molecule has 3 rings (SSSR count). The van der Waals surface area contributed by atoms with Crippen molar-refractivity contribution in [2.45, 2.75) is 17.9 Å². The van der Waals surface area contributed by atoms with Crippen LogP contribution in [0.25, 0.3) is 0 Å². The van der Waals surface area contributed by atoms with Crippen molar-refractivity contribution in [2.24, 2.45) is 7.05 Å². The first-order valence-corrected chi connectivity index (χ1v) is 10.1. The summed E-state index contributed by atoms with van der Waals surface area (Å²) < 4.78 is 35.7. The van der Waals surface area contributed by atoms with Crippen LogP contribution < -0.4 is 9.46 Å². The first-order valence-electron chi connectivity index (χ1n) is 8.21. The highest BCUT2D eigenvalue weighted by Gasteiger charge is 2.27. The first kappa shape index (κ1) is 19.4. The highest BCUT2D eigenvalue weighted by atomic mass is 35.5. The average Bonchev–Trinajstić information content (AvgIpc) is 3.05. The molecule has 0 saturated heterocycles. The molecule has 0 fully saturated rings. The molecular formula is C19H20ClN3O3S. The van der Waals surface area contributed by atoms with E-state index in [0.29, 0.717) is 11.6 Å². The van der Waals surface area contributed by atoms with E-state index in [4.69, 9.17) is 16.3 Å². The molecular weight excluding hydrogens is 386 g/mol. The van der Waals surface area contributed by atoms with E-state index in [2.05, 4.69) is 9.71 Å². The van der Waals surface area contributed by atoms with Gasteiger partial charge in [0.15, 0.2) is 0 Å². The van der Waals surface area contributed by atoms with Crippen molar-refractivity contribution in [1.82, 2.24) is 14.3 Å². The number of hydrogen-bond acceptors (Lipinski definition) is 4. The molecule has 27 heavy (non-hydrogen) atoms. The van der Waals surface area contributed by atoms with Gasteiger partial charge in [0.25, 0.3) is 0 Å². The van der Waals surface area contributed by atoms with Crippen molar-refractivity contribution in [2.75, 3.05) is 7.11 Å².